The molecule has 5 nitrogen and oxygen atoms in total. The number of rotatable bonds is 5. The van der Waals surface area contributed by atoms with Crippen LogP contribution in [0.4, 0.5) is 16.0 Å². The molecule has 0 saturated carbocycles. The van der Waals surface area contributed by atoms with Gasteiger partial charge in [0.05, 0.1) is 0 Å². The summed E-state index contributed by atoms with van der Waals surface area (Å²) in [5.74, 6) is -0.388. The average molecular weight is 364 g/mol. The highest BCUT2D eigenvalue weighted by atomic mass is 19.1. The molecule has 3 aromatic rings. The van der Waals surface area contributed by atoms with Crippen molar-refractivity contribution < 1.29 is 9.18 Å². The third-order valence-electron chi connectivity index (χ3n) is 4.34. The van der Waals surface area contributed by atoms with E-state index in [4.69, 9.17) is 0 Å². The SMILES string of the molecule is Cc1cc(C(=O)NCc2ccccc2F)nc(Nc2cccc(C)c2C)n1. The molecule has 0 radical (unpaired) electrons. The molecule has 1 aromatic heterocycles. The van der Waals surface area contributed by atoms with Gasteiger partial charge in [0.2, 0.25) is 5.95 Å². The molecular formula is C21H21FN4O. The van der Waals surface area contributed by atoms with Gasteiger partial charge in [0.25, 0.3) is 5.91 Å². The Labute approximate surface area is 157 Å². The highest BCUT2D eigenvalue weighted by Gasteiger charge is 2.12. The first kappa shape index (κ1) is 18.5. The van der Waals surface area contributed by atoms with Crippen molar-refractivity contribution in [3.05, 3.63) is 82.4 Å². The number of aromatic nitrogens is 2. The molecule has 0 aliphatic rings. The van der Waals surface area contributed by atoms with E-state index >= 15 is 0 Å². The van der Waals surface area contributed by atoms with Crippen molar-refractivity contribution in [2.75, 3.05) is 5.32 Å². The summed E-state index contributed by atoms with van der Waals surface area (Å²) in [5, 5.41) is 5.87. The zero-order chi connectivity index (χ0) is 19.4. The molecule has 0 spiro atoms. The van der Waals surface area contributed by atoms with Crippen molar-refractivity contribution in [3.8, 4) is 0 Å². The molecule has 138 valence electrons. The van der Waals surface area contributed by atoms with E-state index in [1.54, 1.807) is 31.2 Å². The first-order valence-electron chi connectivity index (χ1n) is 8.64. The first-order valence-corrected chi connectivity index (χ1v) is 8.64. The number of nitrogens with zero attached hydrogens (tertiary/aromatic N) is 2. The van der Waals surface area contributed by atoms with Gasteiger partial charge in [-0.1, -0.05) is 30.3 Å². The molecule has 1 heterocycles. The van der Waals surface area contributed by atoms with E-state index in [2.05, 4.69) is 20.6 Å². The van der Waals surface area contributed by atoms with Crippen LogP contribution in [0.1, 0.15) is 32.9 Å². The minimum atomic E-state index is -0.382. The maximum atomic E-state index is 13.7. The van der Waals surface area contributed by atoms with Crippen molar-refractivity contribution in [1.29, 1.82) is 0 Å². The zero-order valence-corrected chi connectivity index (χ0v) is 15.5. The second-order valence-corrected chi connectivity index (χ2v) is 6.36. The second-order valence-electron chi connectivity index (χ2n) is 6.36. The summed E-state index contributed by atoms with van der Waals surface area (Å²) in [4.78, 5) is 21.1. The van der Waals surface area contributed by atoms with E-state index in [1.165, 1.54) is 6.07 Å². The Hall–Kier alpha value is -3.28. The maximum Gasteiger partial charge on any atom is 0.270 e. The number of aryl methyl sites for hydroxylation is 2. The number of halogens is 1. The smallest absolute Gasteiger partial charge is 0.270 e. The predicted molar refractivity (Wildman–Crippen MR) is 104 cm³/mol. The van der Waals surface area contributed by atoms with Crippen molar-refractivity contribution in [1.82, 2.24) is 15.3 Å². The fraction of sp³-hybridized carbons (Fsp3) is 0.190. The van der Waals surface area contributed by atoms with Gasteiger partial charge in [0.1, 0.15) is 11.5 Å². The van der Waals surface area contributed by atoms with E-state index in [9.17, 15) is 9.18 Å². The molecule has 3 rings (SSSR count). The number of carbonyl (C=O) groups excluding carboxylic acids is 1. The minimum absolute atomic E-state index is 0.0916. The highest BCUT2D eigenvalue weighted by molar-refractivity contribution is 5.92. The topological polar surface area (TPSA) is 66.9 Å². The summed E-state index contributed by atoms with van der Waals surface area (Å²) in [6.45, 7) is 5.92. The maximum absolute atomic E-state index is 13.7. The Balaban J connectivity index is 1.77. The van der Waals surface area contributed by atoms with Gasteiger partial charge in [-0.3, -0.25) is 4.79 Å². The van der Waals surface area contributed by atoms with Gasteiger partial charge < -0.3 is 10.6 Å². The van der Waals surface area contributed by atoms with Crippen molar-refractivity contribution in [3.63, 3.8) is 0 Å². The quantitative estimate of drug-likeness (QED) is 0.711. The molecule has 6 heteroatoms. The van der Waals surface area contributed by atoms with Crippen LogP contribution in [0.3, 0.4) is 0 Å². The number of carbonyl (C=O) groups is 1. The van der Waals surface area contributed by atoms with Gasteiger partial charge in [-0.05, 0) is 50.1 Å². The largest absolute Gasteiger partial charge is 0.347 e. The Morgan fingerprint density at radius 1 is 1.04 bits per heavy atom. The number of hydrogen-bond acceptors (Lipinski definition) is 4. The van der Waals surface area contributed by atoms with Crippen LogP contribution in [0.25, 0.3) is 0 Å². The molecule has 0 bridgehead atoms. The minimum Gasteiger partial charge on any atom is -0.347 e. The number of hydrogen-bond donors (Lipinski definition) is 2. The fourth-order valence-corrected chi connectivity index (χ4v) is 2.66. The van der Waals surface area contributed by atoms with Crippen molar-refractivity contribution in [2.24, 2.45) is 0 Å². The lowest BCUT2D eigenvalue weighted by atomic mass is 10.1. The standard InChI is InChI=1S/C21H21FN4O/c1-13-7-6-10-18(15(13)3)25-21-24-14(2)11-19(26-21)20(27)23-12-16-8-4-5-9-17(16)22/h4-11H,12H2,1-3H3,(H,23,27)(H,24,25,26). The molecule has 0 aliphatic carbocycles. The molecule has 0 atom stereocenters. The average Bonchev–Trinajstić information content (AvgIpc) is 2.64. The van der Waals surface area contributed by atoms with Crippen LogP contribution in [0, 0.1) is 26.6 Å². The summed E-state index contributed by atoms with van der Waals surface area (Å²) < 4.78 is 13.7. The van der Waals surface area contributed by atoms with E-state index in [-0.39, 0.29) is 24.0 Å². The van der Waals surface area contributed by atoms with Crippen molar-refractivity contribution in [2.45, 2.75) is 27.3 Å². The molecule has 0 fully saturated rings. The van der Waals surface area contributed by atoms with Gasteiger partial charge in [0, 0.05) is 23.5 Å². The van der Waals surface area contributed by atoms with Gasteiger partial charge >= 0.3 is 0 Å². The third-order valence-corrected chi connectivity index (χ3v) is 4.34. The first-order chi connectivity index (χ1) is 12.9. The number of nitrogens with one attached hydrogen (secondary N) is 2. The van der Waals surface area contributed by atoms with Crippen LogP contribution >= 0.6 is 0 Å². The molecule has 2 aromatic carbocycles. The second kappa shape index (κ2) is 7.95. The van der Waals surface area contributed by atoms with Gasteiger partial charge in [-0.15, -0.1) is 0 Å². The fourth-order valence-electron chi connectivity index (χ4n) is 2.66. The molecular weight excluding hydrogens is 343 g/mol. The van der Waals surface area contributed by atoms with Gasteiger partial charge in [-0.2, -0.15) is 0 Å². The lowest BCUT2D eigenvalue weighted by Gasteiger charge is -2.12. The molecule has 0 unspecified atom stereocenters. The van der Waals surface area contributed by atoms with Crippen LogP contribution in [-0.4, -0.2) is 15.9 Å². The van der Waals surface area contributed by atoms with Crippen molar-refractivity contribution >= 4 is 17.5 Å². The molecule has 0 saturated heterocycles. The molecule has 27 heavy (non-hydrogen) atoms. The normalized spacial score (nSPS) is 10.5. The molecule has 2 N–H and O–H groups in total. The van der Waals surface area contributed by atoms with Crippen LogP contribution in [-0.2, 0) is 6.54 Å². The van der Waals surface area contributed by atoms with Crippen LogP contribution in [0.2, 0.25) is 0 Å². The third kappa shape index (κ3) is 4.47. The Kier molecular flexibility index (Phi) is 5.45. The Bertz CT molecular complexity index is 988. The van der Waals surface area contributed by atoms with Crippen LogP contribution in [0.5, 0.6) is 0 Å². The Morgan fingerprint density at radius 3 is 2.59 bits per heavy atom. The number of benzene rings is 2. The van der Waals surface area contributed by atoms with Gasteiger partial charge in [-0.25, -0.2) is 14.4 Å². The van der Waals surface area contributed by atoms with Crippen LogP contribution < -0.4 is 10.6 Å². The van der Waals surface area contributed by atoms with Gasteiger partial charge in [0.15, 0.2) is 0 Å². The zero-order valence-electron chi connectivity index (χ0n) is 15.5. The Morgan fingerprint density at radius 2 is 1.81 bits per heavy atom. The molecule has 1 amide bonds. The van der Waals surface area contributed by atoms with E-state index in [0.717, 1.165) is 16.8 Å². The monoisotopic (exact) mass is 364 g/mol. The summed E-state index contributed by atoms with van der Waals surface area (Å²) in [7, 11) is 0. The molecule has 0 aliphatic heterocycles. The summed E-state index contributed by atoms with van der Waals surface area (Å²) >= 11 is 0. The summed E-state index contributed by atoms with van der Waals surface area (Å²) in [6, 6.07) is 13.8. The van der Waals surface area contributed by atoms with E-state index in [0.29, 0.717) is 17.2 Å². The summed E-state index contributed by atoms with van der Waals surface area (Å²) in [6.07, 6.45) is 0. The van der Waals surface area contributed by atoms with E-state index in [1.807, 2.05) is 32.0 Å². The number of amides is 1. The summed E-state index contributed by atoms with van der Waals surface area (Å²) in [5.41, 5.74) is 4.44. The van der Waals surface area contributed by atoms with E-state index < -0.39 is 0 Å². The van der Waals surface area contributed by atoms with Crippen LogP contribution in [0.15, 0.2) is 48.5 Å². The number of anilines is 2. The lowest BCUT2D eigenvalue weighted by Crippen LogP contribution is -2.25. The highest BCUT2D eigenvalue weighted by Crippen LogP contribution is 2.21. The lowest BCUT2D eigenvalue weighted by molar-refractivity contribution is 0.0945. The predicted octanol–water partition coefficient (Wildman–Crippen LogP) is 4.21.